The summed E-state index contributed by atoms with van der Waals surface area (Å²) < 4.78 is 40.3. The molecule has 0 N–H and O–H groups in total. The molecular weight excluding hydrogens is 413 g/mol. The molecule has 1 aliphatic rings. The lowest BCUT2D eigenvalue weighted by atomic mass is 10.1. The van der Waals surface area contributed by atoms with Crippen LogP contribution in [0.15, 0.2) is 41.7 Å². The van der Waals surface area contributed by atoms with E-state index < -0.39 is 11.7 Å². The molecule has 0 radical (unpaired) electrons. The molecule has 3 heterocycles. The minimum atomic E-state index is -4.55. The minimum Gasteiger partial charge on any atom is -0.308 e. The summed E-state index contributed by atoms with van der Waals surface area (Å²) >= 11 is 6.94. The number of rotatable bonds is 3. The van der Waals surface area contributed by atoms with Gasteiger partial charge >= 0.3 is 6.18 Å². The number of thioether (sulfide) groups is 1. The first-order valence-corrected chi connectivity index (χ1v) is 9.76. The second-order valence-corrected chi connectivity index (χ2v) is 7.83. The highest BCUT2D eigenvalue weighted by atomic mass is 35.5. The molecule has 0 bridgehead atoms. The van der Waals surface area contributed by atoms with Crippen molar-refractivity contribution in [3.05, 3.63) is 52.7 Å². The second kappa shape index (κ2) is 6.97. The van der Waals surface area contributed by atoms with E-state index >= 15 is 0 Å². The zero-order valence-corrected chi connectivity index (χ0v) is 16.1. The molecular formula is C18H14ClF3N4OS. The highest BCUT2D eigenvalue weighted by Crippen LogP contribution is 2.35. The van der Waals surface area contributed by atoms with Crippen molar-refractivity contribution in [3.8, 4) is 0 Å². The SMILES string of the molecule is CC1Cc2ccccc2N1C(=O)CSc1nnc2c(Cl)cc(C(F)(F)F)cn12. The molecule has 0 saturated heterocycles. The summed E-state index contributed by atoms with van der Waals surface area (Å²) in [6, 6.07) is 8.51. The Morgan fingerprint density at radius 3 is 2.82 bits per heavy atom. The number of carbonyl (C=O) groups excluding carboxylic acids is 1. The monoisotopic (exact) mass is 426 g/mol. The van der Waals surface area contributed by atoms with Gasteiger partial charge in [-0.2, -0.15) is 13.2 Å². The summed E-state index contributed by atoms with van der Waals surface area (Å²) in [6.07, 6.45) is -2.89. The molecule has 1 amide bonds. The van der Waals surface area contributed by atoms with Gasteiger partial charge in [-0.3, -0.25) is 9.20 Å². The molecule has 1 unspecified atom stereocenters. The Morgan fingerprint density at radius 1 is 1.32 bits per heavy atom. The number of carbonyl (C=O) groups is 1. The molecule has 10 heteroatoms. The summed E-state index contributed by atoms with van der Waals surface area (Å²) in [6.45, 7) is 1.96. The number of halogens is 4. The van der Waals surface area contributed by atoms with Crippen LogP contribution in [0.25, 0.3) is 5.65 Å². The number of hydrogen-bond acceptors (Lipinski definition) is 4. The van der Waals surface area contributed by atoms with Gasteiger partial charge in [0.1, 0.15) is 0 Å². The average Bonchev–Trinajstić information content (AvgIpc) is 3.19. The number of pyridine rings is 1. The van der Waals surface area contributed by atoms with Crippen molar-refractivity contribution in [3.63, 3.8) is 0 Å². The van der Waals surface area contributed by atoms with Crippen molar-refractivity contribution in [2.45, 2.75) is 30.7 Å². The first-order valence-electron chi connectivity index (χ1n) is 8.40. The van der Waals surface area contributed by atoms with Crippen molar-refractivity contribution in [2.24, 2.45) is 0 Å². The van der Waals surface area contributed by atoms with Crippen LogP contribution < -0.4 is 4.90 Å². The predicted octanol–water partition coefficient (Wildman–Crippen LogP) is 4.47. The van der Waals surface area contributed by atoms with Gasteiger partial charge in [0.25, 0.3) is 0 Å². The van der Waals surface area contributed by atoms with Crippen LogP contribution in [0.3, 0.4) is 0 Å². The maximum atomic E-state index is 13.1. The van der Waals surface area contributed by atoms with E-state index in [-0.39, 0.29) is 33.5 Å². The smallest absolute Gasteiger partial charge is 0.308 e. The Balaban J connectivity index is 1.58. The van der Waals surface area contributed by atoms with Gasteiger partial charge in [-0.05, 0) is 31.0 Å². The van der Waals surface area contributed by atoms with Crippen LogP contribution in [-0.4, -0.2) is 32.3 Å². The number of hydrogen-bond donors (Lipinski definition) is 0. The number of anilines is 1. The number of fused-ring (bicyclic) bond motifs is 2. The Hall–Kier alpha value is -2.26. The van der Waals surface area contributed by atoms with Crippen molar-refractivity contribution in [1.82, 2.24) is 14.6 Å². The van der Waals surface area contributed by atoms with Gasteiger partial charge in [-0.25, -0.2) is 0 Å². The summed E-state index contributed by atoms with van der Waals surface area (Å²) in [7, 11) is 0. The lowest BCUT2D eigenvalue weighted by Gasteiger charge is -2.22. The number of aromatic nitrogens is 3. The molecule has 0 saturated carbocycles. The first kappa shape index (κ1) is 19.1. The summed E-state index contributed by atoms with van der Waals surface area (Å²) in [4.78, 5) is 14.5. The van der Waals surface area contributed by atoms with E-state index in [1.807, 2.05) is 31.2 Å². The maximum Gasteiger partial charge on any atom is 0.417 e. The van der Waals surface area contributed by atoms with Gasteiger partial charge in [0, 0.05) is 17.9 Å². The minimum absolute atomic E-state index is 0.0203. The molecule has 28 heavy (non-hydrogen) atoms. The number of amides is 1. The topological polar surface area (TPSA) is 50.5 Å². The standard InChI is InChI=1S/C18H14ClF3N4OS/c1-10-6-11-4-2-3-5-14(11)26(10)15(27)9-28-17-24-23-16-13(19)7-12(8-25(16)17)18(20,21)22/h2-5,7-8,10H,6,9H2,1H3. The van der Waals surface area contributed by atoms with E-state index in [1.54, 1.807) is 4.90 Å². The Kier molecular flexibility index (Phi) is 4.75. The number of nitrogens with zero attached hydrogens (tertiary/aromatic N) is 4. The largest absolute Gasteiger partial charge is 0.417 e. The third kappa shape index (κ3) is 3.33. The Morgan fingerprint density at radius 2 is 2.07 bits per heavy atom. The molecule has 4 rings (SSSR count). The molecule has 1 aromatic carbocycles. The zero-order valence-electron chi connectivity index (χ0n) is 14.6. The van der Waals surface area contributed by atoms with E-state index in [0.29, 0.717) is 0 Å². The molecule has 1 aliphatic heterocycles. The molecule has 2 aromatic heterocycles. The van der Waals surface area contributed by atoms with Crippen molar-refractivity contribution in [1.29, 1.82) is 0 Å². The molecule has 3 aromatic rings. The van der Waals surface area contributed by atoms with E-state index in [9.17, 15) is 18.0 Å². The van der Waals surface area contributed by atoms with Gasteiger partial charge in [0.05, 0.1) is 16.3 Å². The zero-order chi connectivity index (χ0) is 20.1. The van der Waals surface area contributed by atoms with Crippen LogP contribution >= 0.6 is 23.4 Å². The molecule has 0 spiro atoms. The third-order valence-corrected chi connectivity index (χ3v) is 5.76. The highest BCUT2D eigenvalue weighted by molar-refractivity contribution is 7.99. The lowest BCUT2D eigenvalue weighted by molar-refractivity contribution is -0.137. The number of benzene rings is 1. The summed E-state index contributed by atoms with van der Waals surface area (Å²) in [5.74, 6) is -0.120. The second-order valence-electron chi connectivity index (χ2n) is 6.48. The maximum absolute atomic E-state index is 13.1. The van der Waals surface area contributed by atoms with Gasteiger partial charge in [0.15, 0.2) is 10.8 Å². The van der Waals surface area contributed by atoms with E-state index in [1.165, 1.54) is 4.40 Å². The molecule has 5 nitrogen and oxygen atoms in total. The average molecular weight is 427 g/mol. The number of alkyl halides is 3. The molecule has 0 aliphatic carbocycles. The summed E-state index contributed by atoms with van der Waals surface area (Å²) in [5, 5.41) is 7.76. The third-order valence-electron chi connectivity index (χ3n) is 4.56. The van der Waals surface area contributed by atoms with Gasteiger partial charge in [-0.1, -0.05) is 41.6 Å². The summed E-state index contributed by atoms with van der Waals surface area (Å²) in [5.41, 5.74) is 1.18. The van der Waals surface area contributed by atoms with E-state index in [4.69, 9.17) is 11.6 Å². The van der Waals surface area contributed by atoms with Crippen molar-refractivity contribution in [2.75, 3.05) is 10.7 Å². The Labute approximate surface area is 167 Å². The van der Waals surface area contributed by atoms with Crippen LogP contribution in [-0.2, 0) is 17.4 Å². The predicted molar refractivity (Wildman–Crippen MR) is 101 cm³/mol. The van der Waals surface area contributed by atoms with Gasteiger partial charge in [0.2, 0.25) is 5.91 Å². The highest BCUT2D eigenvalue weighted by Gasteiger charge is 2.33. The van der Waals surface area contributed by atoms with Crippen LogP contribution in [0.2, 0.25) is 5.02 Å². The quantitative estimate of drug-likeness (QED) is 0.580. The fourth-order valence-corrected chi connectivity index (χ4v) is 4.34. The first-order chi connectivity index (χ1) is 13.3. The van der Waals surface area contributed by atoms with Crippen LogP contribution in [0.1, 0.15) is 18.1 Å². The molecule has 146 valence electrons. The van der Waals surface area contributed by atoms with Crippen molar-refractivity contribution < 1.29 is 18.0 Å². The normalized spacial score (nSPS) is 16.6. The fourth-order valence-electron chi connectivity index (χ4n) is 3.33. The molecule has 0 fully saturated rings. The van der Waals surface area contributed by atoms with Crippen molar-refractivity contribution >= 4 is 40.6 Å². The van der Waals surface area contributed by atoms with E-state index in [0.717, 1.165) is 41.7 Å². The molecule has 1 atom stereocenters. The van der Waals surface area contributed by atoms with Crippen LogP contribution in [0.5, 0.6) is 0 Å². The Bertz CT molecular complexity index is 1070. The van der Waals surface area contributed by atoms with E-state index in [2.05, 4.69) is 10.2 Å². The van der Waals surface area contributed by atoms with Crippen LogP contribution in [0.4, 0.5) is 18.9 Å². The van der Waals surface area contributed by atoms with Gasteiger partial charge in [-0.15, -0.1) is 10.2 Å². The fraction of sp³-hybridized carbons (Fsp3) is 0.278. The lowest BCUT2D eigenvalue weighted by Crippen LogP contribution is -2.37. The number of para-hydroxylation sites is 1. The van der Waals surface area contributed by atoms with Gasteiger partial charge < -0.3 is 4.90 Å². The van der Waals surface area contributed by atoms with Crippen LogP contribution in [0, 0.1) is 0 Å².